The van der Waals surface area contributed by atoms with Crippen LogP contribution < -0.4 is 5.73 Å². The van der Waals surface area contributed by atoms with Gasteiger partial charge in [0.15, 0.2) is 0 Å². The predicted octanol–water partition coefficient (Wildman–Crippen LogP) is 2.55. The van der Waals surface area contributed by atoms with Crippen LogP contribution in [0.15, 0.2) is 18.2 Å². The van der Waals surface area contributed by atoms with E-state index in [1.165, 1.54) is 25.7 Å². The van der Waals surface area contributed by atoms with Gasteiger partial charge in [0.1, 0.15) is 5.69 Å². The van der Waals surface area contributed by atoms with Gasteiger partial charge in [-0.05, 0) is 43.2 Å². The second kappa shape index (κ2) is 4.81. The highest BCUT2D eigenvalue weighted by Gasteiger charge is 2.33. The molecule has 0 aromatic heterocycles. The summed E-state index contributed by atoms with van der Waals surface area (Å²) in [6.07, 6.45) is 5.21. The minimum absolute atomic E-state index is 0.0275. The van der Waals surface area contributed by atoms with Gasteiger partial charge < -0.3 is 5.73 Å². The number of rotatable bonds is 6. The number of benzene rings is 1. The lowest BCUT2D eigenvalue weighted by Crippen LogP contribution is -2.27. The number of hydrogen-bond acceptors (Lipinski definition) is 4. The Kier molecular flexibility index (Phi) is 3.14. The number of nitrogen functional groups attached to an aromatic ring is 1. The van der Waals surface area contributed by atoms with Crippen LogP contribution in [0.25, 0.3) is 0 Å². The minimum Gasteiger partial charge on any atom is -0.393 e. The summed E-state index contributed by atoms with van der Waals surface area (Å²) in [4.78, 5) is 13.0. The predicted molar refractivity (Wildman–Crippen MR) is 73.7 cm³/mol. The molecular formula is C14H19N3O2. The molecule has 0 amide bonds. The fourth-order valence-electron chi connectivity index (χ4n) is 2.49. The van der Waals surface area contributed by atoms with E-state index in [9.17, 15) is 10.1 Å². The molecule has 5 heteroatoms. The third kappa shape index (κ3) is 3.04. The molecule has 3 rings (SSSR count). The van der Waals surface area contributed by atoms with E-state index in [2.05, 4.69) is 4.90 Å². The van der Waals surface area contributed by atoms with Gasteiger partial charge in [-0.2, -0.15) is 0 Å². The van der Waals surface area contributed by atoms with E-state index in [0.29, 0.717) is 6.04 Å². The van der Waals surface area contributed by atoms with Crippen molar-refractivity contribution >= 4 is 11.4 Å². The van der Waals surface area contributed by atoms with Crippen LogP contribution in [0.4, 0.5) is 11.4 Å². The first-order chi connectivity index (χ1) is 9.13. The minimum atomic E-state index is -0.402. The van der Waals surface area contributed by atoms with Crippen LogP contribution in [0.3, 0.4) is 0 Å². The molecule has 1 aromatic rings. The number of hydrogen-bond donors (Lipinski definition) is 1. The van der Waals surface area contributed by atoms with Gasteiger partial charge in [0.25, 0.3) is 5.69 Å². The van der Waals surface area contributed by atoms with Gasteiger partial charge in [0.05, 0.1) is 4.92 Å². The fraction of sp³-hybridized carbons (Fsp3) is 0.571. The van der Waals surface area contributed by atoms with Crippen molar-refractivity contribution in [3.05, 3.63) is 33.9 Å². The van der Waals surface area contributed by atoms with Crippen molar-refractivity contribution in [1.82, 2.24) is 4.90 Å². The van der Waals surface area contributed by atoms with Crippen LogP contribution in [0.5, 0.6) is 0 Å². The van der Waals surface area contributed by atoms with Crippen molar-refractivity contribution in [2.24, 2.45) is 5.92 Å². The zero-order chi connectivity index (χ0) is 13.4. The van der Waals surface area contributed by atoms with Crippen LogP contribution in [-0.2, 0) is 6.54 Å². The second-order valence-electron chi connectivity index (χ2n) is 5.75. The molecule has 0 aliphatic heterocycles. The van der Waals surface area contributed by atoms with Crippen molar-refractivity contribution in [3.8, 4) is 0 Å². The fourth-order valence-corrected chi connectivity index (χ4v) is 2.49. The summed E-state index contributed by atoms with van der Waals surface area (Å²) >= 11 is 0. The normalized spacial score (nSPS) is 18.8. The molecule has 2 N–H and O–H groups in total. The maximum absolute atomic E-state index is 10.9. The van der Waals surface area contributed by atoms with Crippen LogP contribution in [0.1, 0.15) is 31.2 Å². The standard InChI is InChI=1S/C14H19N3O2/c15-13-6-3-11(7-14(13)17(18)19)9-16(12-4-5-12)8-10-1-2-10/h3,6-7,10,12H,1-2,4-5,8-9,15H2. The lowest BCUT2D eigenvalue weighted by Gasteiger charge is -2.21. The third-order valence-electron chi connectivity index (χ3n) is 3.93. The van der Waals surface area contributed by atoms with Crippen molar-refractivity contribution < 1.29 is 4.92 Å². The molecule has 2 fully saturated rings. The van der Waals surface area contributed by atoms with E-state index in [1.54, 1.807) is 12.1 Å². The summed E-state index contributed by atoms with van der Waals surface area (Å²) < 4.78 is 0. The summed E-state index contributed by atoms with van der Waals surface area (Å²) in [6, 6.07) is 5.87. The number of nitro benzene ring substituents is 1. The maximum atomic E-state index is 10.9. The van der Waals surface area contributed by atoms with Gasteiger partial charge in [-0.25, -0.2) is 0 Å². The molecule has 2 aliphatic rings. The first kappa shape index (κ1) is 12.4. The zero-order valence-corrected chi connectivity index (χ0v) is 10.9. The maximum Gasteiger partial charge on any atom is 0.292 e. The molecule has 2 aliphatic carbocycles. The summed E-state index contributed by atoms with van der Waals surface area (Å²) in [7, 11) is 0. The van der Waals surface area contributed by atoms with E-state index in [-0.39, 0.29) is 11.4 Å². The van der Waals surface area contributed by atoms with Gasteiger partial charge in [0, 0.05) is 25.2 Å². The van der Waals surface area contributed by atoms with E-state index in [0.717, 1.165) is 24.6 Å². The molecule has 2 saturated carbocycles. The highest BCUT2D eigenvalue weighted by atomic mass is 16.6. The van der Waals surface area contributed by atoms with Crippen molar-refractivity contribution in [3.63, 3.8) is 0 Å². The first-order valence-corrected chi connectivity index (χ1v) is 6.90. The van der Waals surface area contributed by atoms with Crippen molar-refractivity contribution in [1.29, 1.82) is 0 Å². The molecule has 5 nitrogen and oxygen atoms in total. The van der Waals surface area contributed by atoms with E-state index >= 15 is 0 Å². The average Bonchev–Trinajstić information content (AvgIpc) is 3.24. The Morgan fingerprint density at radius 3 is 2.63 bits per heavy atom. The highest BCUT2D eigenvalue weighted by molar-refractivity contribution is 5.59. The van der Waals surface area contributed by atoms with E-state index < -0.39 is 4.92 Å². The first-order valence-electron chi connectivity index (χ1n) is 6.90. The molecule has 0 unspecified atom stereocenters. The van der Waals surface area contributed by atoms with Crippen LogP contribution in [0, 0.1) is 16.0 Å². The Balaban J connectivity index is 1.73. The molecule has 102 valence electrons. The molecule has 0 spiro atoms. The molecule has 19 heavy (non-hydrogen) atoms. The molecule has 0 heterocycles. The Bertz CT molecular complexity index is 495. The summed E-state index contributed by atoms with van der Waals surface area (Å²) in [5.74, 6) is 0.851. The smallest absolute Gasteiger partial charge is 0.292 e. The highest BCUT2D eigenvalue weighted by Crippen LogP contribution is 2.36. The molecular weight excluding hydrogens is 242 g/mol. The molecule has 0 atom stereocenters. The Hall–Kier alpha value is -1.62. The van der Waals surface area contributed by atoms with Crippen molar-refractivity contribution in [2.75, 3.05) is 12.3 Å². The average molecular weight is 261 g/mol. The number of nitro groups is 1. The largest absolute Gasteiger partial charge is 0.393 e. The summed E-state index contributed by atoms with van der Waals surface area (Å²) in [5, 5.41) is 10.9. The van der Waals surface area contributed by atoms with Crippen molar-refractivity contribution in [2.45, 2.75) is 38.3 Å². The van der Waals surface area contributed by atoms with Crippen LogP contribution in [-0.4, -0.2) is 22.4 Å². The lowest BCUT2D eigenvalue weighted by atomic mass is 10.1. The Labute approximate surface area is 112 Å². The molecule has 1 aromatic carbocycles. The van der Waals surface area contributed by atoms with Crippen LogP contribution in [0.2, 0.25) is 0 Å². The Morgan fingerprint density at radius 2 is 2.05 bits per heavy atom. The monoisotopic (exact) mass is 261 g/mol. The number of nitrogens with zero attached hydrogens (tertiary/aromatic N) is 2. The van der Waals surface area contributed by atoms with Crippen LogP contribution >= 0.6 is 0 Å². The van der Waals surface area contributed by atoms with Gasteiger partial charge in [-0.1, -0.05) is 6.07 Å². The third-order valence-corrected chi connectivity index (χ3v) is 3.93. The Morgan fingerprint density at radius 1 is 1.32 bits per heavy atom. The second-order valence-corrected chi connectivity index (χ2v) is 5.75. The number of anilines is 1. The summed E-state index contributed by atoms with van der Waals surface area (Å²) in [5.41, 5.74) is 6.89. The SMILES string of the molecule is Nc1ccc(CN(CC2CC2)C2CC2)cc1[N+](=O)[O-]. The van der Waals surface area contributed by atoms with Gasteiger partial charge in [-0.15, -0.1) is 0 Å². The van der Waals surface area contributed by atoms with Gasteiger partial charge >= 0.3 is 0 Å². The quantitative estimate of drug-likeness (QED) is 0.485. The zero-order valence-electron chi connectivity index (χ0n) is 10.9. The summed E-state index contributed by atoms with van der Waals surface area (Å²) in [6.45, 7) is 1.95. The molecule has 0 radical (unpaired) electrons. The van der Waals surface area contributed by atoms with E-state index in [1.807, 2.05) is 6.07 Å². The molecule has 0 saturated heterocycles. The van der Waals surface area contributed by atoms with Gasteiger partial charge in [-0.3, -0.25) is 15.0 Å². The van der Waals surface area contributed by atoms with E-state index in [4.69, 9.17) is 5.73 Å². The lowest BCUT2D eigenvalue weighted by molar-refractivity contribution is -0.384. The topological polar surface area (TPSA) is 72.4 Å². The number of nitrogens with two attached hydrogens (primary N) is 1. The van der Waals surface area contributed by atoms with Gasteiger partial charge in [0.2, 0.25) is 0 Å². The molecule has 0 bridgehead atoms.